The Morgan fingerprint density at radius 2 is 1.50 bits per heavy atom. The predicted molar refractivity (Wildman–Crippen MR) is 91.2 cm³/mol. The minimum Gasteiger partial charge on any atom is -0.452 e. The Morgan fingerprint density at radius 3 is 2.04 bits per heavy atom. The Kier molecular flexibility index (Phi) is 4.34. The molecule has 0 saturated heterocycles. The summed E-state index contributed by atoms with van der Waals surface area (Å²) in [4.78, 5) is 25.3. The van der Waals surface area contributed by atoms with Crippen LogP contribution in [0.5, 0.6) is 0 Å². The summed E-state index contributed by atoms with van der Waals surface area (Å²) in [5.74, 6) is 1.95. The first-order chi connectivity index (χ1) is 11.5. The van der Waals surface area contributed by atoms with Gasteiger partial charge in [0.05, 0.1) is 5.41 Å². The number of amides is 1. The molecule has 5 aliphatic carbocycles. The lowest BCUT2D eigenvalue weighted by atomic mass is 9.49. The fraction of sp³-hybridized carbons (Fsp3) is 0.900. The van der Waals surface area contributed by atoms with E-state index in [2.05, 4.69) is 5.32 Å². The zero-order chi connectivity index (χ0) is 16.7. The van der Waals surface area contributed by atoms with Gasteiger partial charge in [-0.15, -0.1) is 0 Å². The predicted octanol–water partition coefficient (Wildman–Crippen LogP) is 3.58. The number of ether oxygens (including phenoxy) is 1. The van der Waals surface area contributed by atoms with Crippen LogP contribution in [0.15, 0.2) is 0 Å². The van der Waals surface area contributed by atoms with Crippen molar-refractivity contribution in [1.29, 1.82) is 0 Å². The van der Waals surface area contributed by atoms with Gasteiger partial charge in [-0.1, -0.05) is 19.3 Å². The van der Waals surface area contributed by atoms with Gasteiger partial charge in [0.2, 0.25) is 0 Å². The molecule has 0 radical (unpaired) electrons. The Labute approximate surface area is 145 Å². The zero-order valence-electron chi connectivity index (χ0n) is 14.9. The van der Waals surface area contributed by atoms with Gasteiger partial charge in [-0.3, -0.25) is 9.59 Å². The van der Waals surface area contributed by atoms with Crippen molar-refractivity contribution in [2.24, 2.45) is 23.2 Å². The molecule has 0 heterocycles. The van der Waals surface area contributed by atoms with E-state index in [9.17, 15) is 9.59 Å². The van der Waals surface area contributed by atoms with Crippen molar-refractivity contribution < 1.29 is 14.3 Å². The first-order valence-electron chi connectivity index (χ1n) is 10.1. The van der Waals surface area contributed by atoms with Crippen molar-refractivity contribution in [1.82, 2.24) is 5.32 Å². The summed E-state index contributed by atoms with van der Waals surface area (Å²) in [6, 6.07) is 0.270. The van der Waals surface area contributed by atoms with Gasteiger partial charge < -0.3 is 10.1 Å². The average Bonchev–Trinajstić information content (AvgIpc) is 2.54. The molecule has 5 aliphatic rings. The summed E-state index contributed by atoms with van der Waals surface area (Å²) in [5.41, 5.74) is -0.270. The van der Waals surface area contributed by atoms with E-state index < -0.39 is 6.10 Å². The molecule has 4 heteroatoms. The molecular weight excluding hydrogens is 302 g/mol. The van der Waals surface area contributed by atoms with Gasteiger partial charge in [-0.05, 0) is 76.0 Å². The summed E-state index contributed by atoms with van der Waals surface area (Å²) in [7, 11) is 0. The van der Waals surface area contributed by atoms with Crippen molar-refractivity contribution in [3.63, 3.8) is 0 Å². The molecule has 5 fully saturated rings. The van der Waals surface area contributed by atoms with Gasteiger partial charge >= 0.3 is 5.97 Å². The second kappa shape index (κ2) is 6.34. The van der Waals surface area contributed by atoms with Gasteiger partial charge in [-0.2, -0.15) is 0 Å². The maximum Gasteiger partial charge on any atom is 0.312 e. The lowest BCUT2D eigenvalue weighted by Crippen LogP contribution is -2.52. The molecule has 5 rings (SSSR count). The summed E-state index contributed by atoms with van der Waals surface area (Å²) >= 11 is 0. The van der Waals surface area contributed by atoms with Gasteiger partial charge in [0.15, 0.2) is 6.10 Å². The molecule has 4 bridgehead atoms. The maximum absolute atomic E-state index is 12.9. The lowest BCUT2D eigenvalue weighted by molar-refractivity contribution is -0.178. The standard InChI is InChI=1S/C20H31NO3/c1-13(18(22)21-17-5-3-2-4-6-17)24-19(23)20-10-14-7-15(11-20)9-16(8-14)12-20/h13-17H,2-12H2,1H3,(H,21,22)/t13-,14?,15?,16?,20?/m1/s1. The number of hydrogen-bond donors (Lipinski definition) is 1. The number of nitrogens with one attached hydrogen (secondary N) is 1. The van der Waals surface area contributed by atoms with E-state index in [1.807, 2.05) is 0 Å². The van der Waals surface area contributed by atoms with Crippen molar-refractivity contribution in [3.05, 3.63) is 0 Å². The van der Waals surface area contributed by atoms with Crippen LogP contribution in [-0.4, -0.2) is 24.0 Å². The van der Waals surface area contributed by atoms with Crippen LogP contribution >= 0.6 is 0 Å². The van der Waals surface area contributed by atoms with E-state index in [-0.39, 0.29) is 23.3 Å². The summed E-state index contributed by atoms with van der Waals surface area (Å²) < 4.78 is 5.69. The van der Waals surface area contributed by atoms with E-state index in [1.54, 1.807) is 6.92 Å². The Bertz CT molecular complexity index is 474. The molecule has 0 spiro atoms. The Hall–Kier alpha value is -1.06. The third-order valence-corrected chi connectivity index (χ3v) is 7.08. The zero-order valence-corrected chi connectivity index (χ0v) is 14.9. The van der Waals surface area contributed by atoms with Crippen LogP contribution in [0.4, 0.5) is 0 Å². The molecule has 0 aromatic rings. The van der Waals surface area contributed by atoms with E-state index in [1.165, 1.54) is 38.5 Å². The van der Waals surface area contributed by atoms with Crippen LogP contribution < -0.4 is 5.32 Å². The summed E-state index contributed by atoms with van der Waals surface area (Å²) in [5, 5.41) is 3.08. The van der Waals surface area contributed by atoms with Crippen LogP contribution in [0.1, 0.15) is 77.6 Å². The van der Waals surface area contributed by atoms with Crippen LogP contribution in [0.25, 0.3) is 0 Å². The van der Waals surface area contributed by atoms with Crippen LogP contribution in [0.2, 0.25) is 0 Å². The topological polar surface area (TPSA) is 55.4 Å². The van der Waals surface area contributed by atoms with Crippen LogP contribution in [0, 0.1) is 23.2 Å². The molecule has 1 N–H and O–H groups in total. The molecule has 0 aromatic heterocycles. The quantitative estimate of drug-likeness (QED) is 0.800. The maximum atomic E-state index is 12.9. The number of esters is 1. The molecule has 1 atom stereocenters. The fourth-order valence-corrected chi connectivity index (χ4v) is 6.27. The van der Waals surface area contributed by atoms with Crippen LogP contribution in [0.3, 0.4) is 0 Å². The van der Waals surface area contributed by atoms with Gasteiger partial charge in [0, 0.05) is 6.04 Å². The van der Waals surface area contributed by atoms with Crippen molar-refractivity contribution in [2.45, 2.75) is 89.7 Å². The number of hydrogen-bond acceptors (Lipinski definition) is 3. The normalized spacial score (nSPS) is 39.5. The molecule has 0 unspecified atom stereocenters. The summed E-state index contributed by atoms with van der Waals surface area (Å²) in [6.07, 6.45) is 12.0. The molecule has 0 aliphatic heterocycles. The molecule has 4 nitrogen and oxygen atoms in total. The molecule has 134 valence electrons. The monoisotopic (exact) mass is 333 g/mol. The third kappa shape index (κ3) is 3.09. The first-order valence-corrected chi connectivity index (χ1v) is 10.1. The smallest absolute Gasteiger partial charge is 0.312 e. The molecule has 0 aromatic carbocycles. The number of carbonyl (C=O) groups is 2. The highest BCUT2D eigenvalue weighted by molar-refractivity contribution is 5.85. The van der Waals surface area contributed by atoms with Crippen LogP contribution in [-0.2, 0) is 14.3 Å². The highest BCUT2D eigenvalue weighted by Crippen LogP contribution is 2.60. The minimum atomic E-state index is -0.660. The lowest BCUT2D eigenvalue weighted by Gasteiger charge is -2.55. The molecule has 5 saturated carbocycles. The SMILES string of the molecule is C[C@@H](OC(=O)C12CC3CC(CC(C3)C1)C2)C(=O)NC1CCCCC1. The van der Waals surface area contributed by atoms with Gasteiger partial charge in [0.1, 0.15) is 0 Å². The second-order valence-electron chi connectivity index (χ2n) is 9.09. The first kappa shape index (κ1) is 16.4. The fourth-order valence-electron chi connectivity index (χ4n) is 6.27. The highest BCUT2D eigenvalue weighted by atomic mass is 16.5. The minimum absolute atomic E-state index is 0.0899. The van der Waals surface area contributed by atoms with Crippen molar-refractivity contribution in [3.8, 4) is 0 Å². The van der Waals surface area contributed by atoms with Gasteiger partial charge in [0.25, 0.3) is 5.91 Å². The Morgan fingerprint density at radius 1 is 0.958 bits per heavy atom. The van der Waals surface area contributed by atoms with E-state index in [0.717, 1.165) is 49.9 Å². The van der Waals surface area contributed by atoms with E-state index in [4.69, 9.17) is 4.74 Å². The average molecular weight is 333 g/mol. The number of rotatable bonds is 4. The molecule has 24 heavy (non-hydrogen) atoms. The molecule has 1 amide bonds. The molecular formula is C20H31NO3. The van der Waals surface area contributed by atoms with E-state index >= 15 is 0 Å². The summed E-state index contributed by atoms with van der Waals surface area (Å²) in [6.45, 7) is 1.73. The van der Waals surface area contributed by atoms with E-state index in [0.29, 0.717) is 0 Å². The number of carbonyl (C=O) groups excluding carboxylic acids is 2. The van der Waals surface area contributed by atoms with Gasteiger partial charge in [-0.25, -0.2) is 0 Å². The highest BCUT2D eigenvalue weighted by Gasteiger charge is 2.55. The van der Waals surface area contributed by atoms with Crippen molar-refractivity contribution in [2.75, 3.05) is 0 Å². The second-order valence-corrected chi connectivity index (χ2v) is 9.09. The third-order valence-electron chi connectivity index (χ3n) is 7.08. The van der Waals surface area contributed by atoms with Crippen molar-refractivity contribution >= 4 is 11.9 Å². The Balaban J connectivity index is 1.34. The largest absolute Gasteiger partial charge is 0.452 e.